The van der Waals surface area contributed by atoms with Crippen LogP contribution in [-0.2, 0) is 18.7 Å². The summed E-state index contributed by atoms with van der Waals surface area (Å²) < 4.78 is 31.1. The number of hydrogen-bond donors (Lipinski definition) is 1. The van der Waals surface area contributed by atoms with Gasteiger partial charge in [0.05, 0.1) is 13.2 Å². The van der Waals surface area contributed by atoms with E-state index in [1.54, 1.807) is 6.92 Å². The fraction of sp³-hybridized carbons (Fsp3) is 0.458. The van der Waals surface area contributed by atoms with Gasteiger partial charge in [0.15, 0.2) is 0 Å². The molecule has 5 nitrogen and oxygen atoms in total. The normalized spacial score (nSPS) is 20.7. The van der Waals surface area contributed by atoms with Crippen LogP contribution in [0, 0.1) is 0 Å². The number of carbonyl (C=O) groups excluding carboxylic acids is 1. The van der Waals surface area contributed by atoms with Gasteiger partial charge < -0.3 is 19.0 Å². The van der Waals surface area contributed by atoms with Gasteiger partial charge in [-0.3, -0.25) is 0 Å². The van der Waals surface area contributed by atoms with Crippen molar-refractivity contribution in [2.75, 3.05) is 13.2 Å². The van der Waals surface area contributed by atoms with Crippen LogP contribution in [0.3, 0.4) is 0 Å². The second-order valence-electron chi connectivity index (χ2n) is 8.76. The number of hydrogen-bond acceptors (Lipinski definition) is 5. The van der Waals surface area contributed by atoms with Gasteiger partial charge in [-0.2, -0.15) is 0 Å². The van der Waals surface area contributed by atoms with E-state index in [1.807, 2.05) is 36.4 Å². The second kappa shape index (κ2) is 9.61. The molecule has 1 fully saturated rings. The molecule has 0 spiro atoms. The van der Waals surface area contributed by atoms with Gasteiger partial charge in [0, 0.05) is 0 Å². The van der Waals surface area contributed by atoms with Crippen molar-refractivity contribution in [3.63, 3.8) is 0 Å². The van der Waals surface area contributed by atoms with Crippen molar-refractivity contribution in [2.24, 2.45) is 0 Å². The first-order chi connectivity index (χ1) is 14.7. The van der Waals surface area contributed by atoms with Gasteiger partial charge in [0.1, 0.15) is 18.3 Å². The van der Waals surface area contributed by atoms with Crippen molar-refractivity contribution in [2.45, 2.75) is 57.2 Å². The first-order valence-electron chi connectivity index (χ1n) is 10.6. The number of benzene rings is 2. The van der Waals surface area contributed by atoms with Gasteiger partial charge in [-0.1, -0.05) is 81.4 Å². The highest BCUT2D eigenvalue weighted by Gasteiger charge is 2.54. The highest BCUT2D eigenvalue weighted by molar-refractivity contribution is 6.99. The van der Waals surface area contributed by atoms with E-state index in [0.717, 1.165) is 10.4 Å². The number of halogens is 1. The molecule has 0 saturated carbocycles. The molecular weight excluding hydrogens is 415 g/mol. The molecule has 4 atom stereocenters. The Morgan fingerprint density at radius 2 is 1.61 bits per heavy atom. The van der Waals surface area contributed by atoms with E-state index in [1.165, 1.54) is 0 Å². The van der Waals surface area contributed by atoms with Crippen molar-refractivity contribution in [3.05, 3.63) is 60.7 Å². The van der Waals surface area contributed by atoms with Gasteiger partial charge >= 0.3 is 5.97 Å². The monoisotopic (exact) mass is 446 g/mol. The lowest BCUT2D eigenvalue weighted by Crippen LogP contribution is -2.66. The van der Waals surface area contributed by atoms with Crippen LogP contribution < -0.4 is 10.4 Å². The number of ether oxygens (including phenoxy) is 2. The van der Waals surface area contributed by atoms with Gasteiger partial charge in [-0.05, 0) is 22.3 Å². The van der Waals surface area contributed by atoms with E-state index in [9.17, 15) is 14.3 Å². The van der Waals surface area contributed by atoms with Crippen LogP contribution in [0.4, 0.5) is 4.39 Å². The predicted molar refractivity (Wildman–Crippen MR) is 120 cm³/mol. The minimum absolute atomic E-state index is 0.0535. The fourth-order valence-electron chi connectivity index (χ4n) is 4.09. The lowest BCUT2D eigenvalue weighted by Gasteiger charge is -2.43. The number of epoxide rings is 1. The molecule has 0 amide bonds. The molecule has 1 aliphatic heterocycles. The van der Waals surface area contributed by atoms with Gasteiger partial charge in [0.25, 0.3) is 8.32 Å². The summed E-state index contributed by atoms with van der Waals surface area (Å²) in [5, 5.41) is 12.3. The van der Waals surface area contributed by atoms with E-state index >= 15 is 0 Å². The van der Waals surface area contributed by atoms with Crippen LogP contribution >= 0.6 is 0 Å². The summed E-state index contributed by atoms with van der Waals surface area (Å²) >= 11 is 0. The number of rotatable bonds is 9. The number of aliphatic hydroxyl groups excluding tert-OH is 1. The zero-order chi connectivity index (χ0) is 22.6. The molecule has 1 aliphatic rings. The number of aliphatic hydroxyl groups is 1. The Balaban J connectivity index is 1.82. The largest absolute Gasteiger partial charge is 0.464 e. The first-order valence-corrected chi connectivity index (χ1v) is 12.5. The van der Waals surface area contributed by atoms with Crippen molar-refractivity contribution < 1.29 is 28.2 Å². The van der Waals surface area contributed by atoms with Crippen molar-refractivity contribution >= 4 is 24.7 Å². The van der Waals surface area contributed by atoms with Crippen molar-refractivity contribution in [1.82, 2.24) is 0 Å². The Hall–Kier alpha value is -2.06. The zero-order valence-electron chi connectivity index (χ0n) is 18.5. The SMILES string of the molecule is CCOC(=O)[C@H](F)[C@H](O)[C@@H]1O[C@H]1CO[Si](c1ccccc1)(c1ccccc1)C(C)(C)C. The maximum atomic E-state index is 14.2. The minimum atomic E-state index is -2.75. The lowest BCUT2D eigenvalue weighted by atomic mass is 10.1. The molecule has 2 aromatic carbocycles. The number of esters is 1. The van der Waals surface area contributed by atoms with Crippen LogP contribution in [0.5, 0.6) is 0 Å². The standard InChI is InChI=1S/C24H31FO5Si/c1-5-28-23(27)20(25)21(26)22-19(30-22)16-29-31(24(2,3)4,17-12-8-6-9-13-17)18-14-10-7-11-15-18/h6-15,19-22,26H,5,16H2,1-4H3/t19-,20+,21-,22+/m0/s1. The molecule has 2 aromatic rings. The van der Waals surface area contributed by atoms with E-state index in [0.29, 0.717) is 0 Å². The highest BCUT2D eigenvalue weighted by Crippen LogP contribution is 2.38. The van der Waals surface area contributed by atoms with E-state index in [-0.39, 0.29) is 18.3 Å². The average Bonchev–Trinajstić information content (AvgIpc) is 3.53. The third-order valence-electron chi connectivity index (χ3n) is 5.65. The Labute approximate surface area is 184 Å². The van der Waals surface area contributed by atoms with E-state index in [2.05, 4.69) is 49.8 Å². The van der Waals surface area contributed by atoms with Gasteiger partial charge in [-0.25, -0.2) is 9.18 Å². The summed E-state index contributed by atoms with van der Waals surface area (Å²) in [4.78, 5) is 11.6. The maximum absolute atomic E-state index is 14.2. The van der Waals surface area contributed by atoms with Crippen LogP contribution in [0.2, 0.25) is 5.04 Å². The molecule has 0 radical (unpaired) electrons. The Kier molecular flexibility index (Phi) is 7.31. The fourth-order valence-corrected chi connectivity index (χ4v) is 8.66. The third kappa shape index (κ3) is 4.90. The summed E-state index contributed by atoms with van der Waals surface area (Å²) in [7, 11) is -2.75. The number of alkyl halides is 1. The maximum Gasteiger partial charge on any atom is 0.343 e. The molecule has 0 bridgehead atoms. The molecule has 7 heteroatoms. The Bertz CT molecular complexity index is 816. The lowest BCUT2D eigenvalue weighted by molar-refractivity contribution is -0.154. The first kappa shape index (κ1) is 23.6. The molecule has 1 N–H and O–H groups in total. The summed E-state index contributed by atoms with van der Waals surface area (Å²) in [6.07, 6.45) is -4.99. The predicted octanol–water partition coefficient (Wildman–Crippen LogP) is 2.59. The molecule has 0 aromatic heterocycles. The second-order valence-corrected chi connectivity index (χ2v) is 13.1. The molecule has 168 valence electrons. The zero-order valence-corrected chi connectivity index (χ0v) is 19.5. The quantitative estimate of drug-likeness (QED) is 0.364. The Morgan fingerprint density at radius 1 is 1.10 bits per heavy atom. The highest BCUT2D eigenvalue weighted by atomic mass is 28.4. The van der Waals surface area contributed by atoms with Gasteiger partial charge in [-0.15, -0.1) is 0 Å². The molecule has 31 heavy (non-hydrogen) atoms. The molecule has 1 heterocycles. The van der Waals surface area contributed by atoms with Gasteiger partial charge in [0.2, 0.25) is 6.17 Å². The summed E-state index contributed by atoms with van der Waals surface area (Å²) in [6.45, 7) is 8.33. The molecular formula is C24H31FO5Si. The molecule has 0 unspecified atom stereocenters. The van der Waals surface area contributed by atoms with E-state index < -0.39 is 38.8 Å². The summed E-state index contributed by atoms with van der Waals surface area (Å²) in [6, 6.07) is 20.3. The topological polar surface area (TPSA) is 68.3 Å². The number of carbonyl (C=O) groups is 1. The van der Waals surface area contributed by atoms with Crippen molar-refractivity contribution in [3.8, 4) is 0 Å². The molecule has 3 rings (SSSR count). The smallest absolute Gasteiger partial charge is 0.343 e. The summed E-state index contributed by atoms with van der Waals surface area (Å²) in [5.41, 5.74) is 0. The Morgan fingerprint density at radius 3 is 2.06 bits per heavy atom. The van der Waals surface area contributed by atoms with Crippen molar-refractivity contribution in [1.29, 1.82) is 0 Å². The van der Waals surface area contributed by atoms with E-state index in [4.69, 9.17) is 9.16 Å². The van der Waals surface area contributed by atoms with Crippen LogP contribution in [0.25, 0.3) is 0 Å². The molecule has 1 saturated heterocycles. The van der Waals surface area contributed by atoms with Crippen LogP contribution in [-0.4, -0.2) is 57.1 Å². The average molecular weight is 447 g/mol. The molecule has 0 aliphatic carbocycles. The minimum Gasteiger partial charge on any atom is -0.464 e. The van der Waals surface area contributed by atoms with Crippen LogP contribution in [0.1, 0.15) is 27.7 Å². The summed E-state index contributed by atoms with van der Waals surface area (Å²) in [5.74, 6) is -1.07. The van der Waals surface area contributed by atoms with Crippen LogP contribution in [0.15, 0.2) is 60.7 Å². The third-order valence-corrected chi connectivity index (χ3v) is 10.7.